The molecule has 1 aliphatic rings. The highest BCUT2D eigenvalue weighted by Gasteiger charge is 2.34. The Morgan fingerprint density at radius 3 is 2.31 bits per heavy atom. The Morgan fingerprint density at radius 2 is 1.69 bits per heavy atom. The molecular weight excluding hydrogens is 590 g/mol. The first-order chi connectivity index (χ1) is 21.2. The lowest BCUT2D eigenvalue weighted by atomic mass is 10.0. The van der Waals surface area contributed by atoms with Crippen LogP contribution in [0.2, 0.25) is 0 Å². The summed E-state index contributed by atoms with van der Waals surface area (Å²) in [5, 5.41) is 27.3. The number of nitrogens with one attached hydrogen (secondary N) is 3. The van der Waals surface area contributed by atoms with Crippen molar-refractivity contribution in [2.24, 2.45) is 11.8 Å². The highest BCUT2D eigenvalue weighted by atomic mass is 16.7. The topological polar surface area (TPSA) is 207 Å². The minimum atomic E-state index is -1.29. The molecule has 1 aromatic rings. The first-order valence-corrected chi connectivity index (χ1v) is 15.0. The summed E-state index contributed by atoms with van der Waals surface area (Å²) in [6.45, 7) is 7.88. The van der Waals surface area contributed by atoms with E-state index in [0.717, 1.165) is 0 Å². The zero-order chi connectivity index (χ0) is 33.7. The van der Waals surface area contributed by atoms with Crippen LogP contribution < -0.4 is 20.7 Å². The second-order valence-electron chi connectivity index (χ2n) is 11.6. The number of unbranched alkanes of at least 4 members (excludes halogenated alkanes) is 1. The summed E-state index contributed by atoms with van der Waals surface area (Å²) in [5.74, 6) is -3.42. The zero-order valence-electron chi connectivity index (χ0n) is 26.4. The lowest BCUT2D eigenvalue weighted by molar-refractivity contribution is -0.195. The monoisotopic (exact) mass is 635 g/mol. The van der Waals surface area contributed by atoms with Crippen molar-refractivity contribution in [1.82, 2.24) is 10.6 Å². The van der Waals surface area contributed by atoms with Gasteiger partial charge in [0.25, 0.3) is 0 Å². The van der Waals surface area contributed by atoms with Crippen molar-refractivity contribution in [2.75, 3.05) is 11.9 Å². The van der Waals surface area contributed by atoms with Gasteiger partial charge in [0.1, 0.15) is 24.2 Å². The molecule has 5 N–H and O–H groups in total. The molecule has 3 amide bonds. The van der Waals surface area contributed by atoms with Crippen molar-refractivity contribution in [2.45, 2.75) is 104 Å². The number of ether oxygens (including phenoxy) is 3. The third kappa shape index (κ3) is 13.2. The smallest absolute Gasteiger partial charge is 0.333 e. The van der Waals surface area contributed by atoms with E-state index in [0.29, 0.717) is 24.8 Å². The average molecular weight is 636 g/mol. The number of Topliss-reactive ketones (excluding diaryl/α,β-unsaturated/α-hetero) is 1. The summed E-state index contributed by atoms with van der Waals surface area (Å²) in [7, 11) is 0. The molecule has 4 atom stereocenters. The molecule has 1 fully saturated rings. The molecule has 2 rings (SSSR count). The van der Waals surface area contributed by atoms with Crippen LogP contribution in [0.1, 0.15) is 78.7 Å². The number of amides is 3. The number of hydrogen-bond acceptors (Lipinski definition) is 10. The Hall–Kier alpha value is -4.04. The van der Waals surface area contributed by atoms with Gasteiger partial charge < -0.3 is 40.4 Å². The molecule has 0 bridgehead atoms. The van der Waals surface area contributed by atoms with E-state index >= 15 is 0 Å². The first-order valence-electron chi connectivity index (χ1n) is 15.0. The molecule has 0 radical (unpaired) electrons. The Balaban J connectivity index is 2.02. The van der Waals surface area contributed by atoms with Gasteiger partial charge >= 0.3 is 11.9 Å². The van der Waals surface area contributed by atoms with Crippen LogP contribution in [0.4, 0.5) is 5.69 Å². The highest BCUT2D eigenvalue weighted by Crippen LogP contribution is 2.31. The second kappa shape index (κ2) is 18.1. The maximum atomic E-state index is 12.9. The van der Waals surface area contributed by atoms with Gasteiger partial charge in [0.2, 0.25) is 24.0 Å². The van der Waals surface area contributed by atoms with Gasteiger partial charge in [-0.25, -0.2) is 4.79 Å². The van der Waals surface area contributed by atoms with E-state index in [2.05, 4.69) is 16.0 Å². The summed E-state index contributed by atoms with van der Waals surface area (Å²) in [6, 6.07) is 3.64. The quantitative estimate of drug-likeness (QED) is 0.124. The summed E-state index contributed by atoms with van der Waals surface area (Å²) < 4.78 is 16.3. The first kappa shape index (κ1) is 37.1. The molecule has 1 heterocycles. The molecule has 4 unspecified atom stereocenters. The Bertz CT molecular complexity index is 1220. The van der Waals surface area contributed by atoms with Gasteiger partial charge in [-0.05, 0) is 36.5 Å². The zero-order valence-corrected chi connectivity index (χ0v) is 26.4. The molecule has 0 aliphatic carbocycles. The fourth-order valence-corrected chi connectivity index (χ4v) is 4.40. The molecule has 1 aliphatic heterocycles. The number of ketones is 1. The average Bonchev–Trinajstić information content (AvgIpc) is 2.96. The molecule has 0 saturated carbocycles. The predicted molar refractivity (Wildman–Crippen MR) is 161 cm³/mol. The van der Waals surface area contributed by atoms with Crippen molar-refractivity contribution in [3.63, 3.8) is 0 Å². The number of rotatable bonds is 17. The van der Waals surface area contributed by atoms with Gasteiger partial charge in [-0.1, -0.05) is 33.8 Å². The van der Waals surface area contributed by atoms with Gasteiger partial charge in [-0.2, -0.15) is 0 Å². The van der Waals surface area contributed by atoms with Crippen LogP contribution in [0.3, 0.4) is 0 Å². The normalized spacial score (nSPS) is 18.5. The fourth-order valence-electron chi connectivity index (χ4n) is 4.40. The molecule has 1 saturated heterocycles. The largest absolute Gasteiger partial charge is 0.479 e. The molecule has 45 heavy (non-hydrogen) atoms. The van der Waals surface area contributed by atoms with Crippen LogP contribution in [0, 0.1) is 11.8 Å². The van der Waals surface area contributed by atoms with E-state index in [1.807, 2.05) is 13.8 Å². The number of hydrogen-bond donors (Lipinski definition) is 5. The van der Waals surface area contributed by atoms with Gasteiger partial charge in [-0.15, -0.1) is 0 Å². The number of carboxylic acid groups (broad SMARTS) is 1. The van der Waals surface area contributed by atoms with Crippen molar-refractivity contribution < 1.29 is 53.2 Å². The molecule has 14 nitrogen and oxygen atoms in total. The maximum absolute atomic E-state index is 12.9. The summed E-state index contributed by atoms with van der Waals surface area (Å²) >= 11 is 0. The number of anilines is 1. The van der Waals surface area contributed by atoms with E-state index in [9.17, 15) is 39.0 Å². The maximum Gasteiger partial charge on any atom is 0.333 e. The SMILES string of the molecule is CC(=O)OCc1ccc(NC(=O)CNC(=O)C(NC(=O)CCCCC(=O)C(C)C)C(C)C)c(OC2CC(O)CC(C(=O)O)O2)c1. The Morgan fingerprint density at radius 1 is 1.00 bits per heavy atom. The second-order valence-corrected chi connectivity index (χ2v) is 11.6. The van der Waals surface area contributed by atoms with Gasteiger partial charge in [0.15, 0.2) is 6.10 Å². The molecule has 250 valence electrons. The minimum absolute atomic E-state index is 0.0280. The van der Waals surface area contributed by atoms with E-state index in [1.54, 1.807) is 19.9 Å². The summed E-state index contributed by atoms with van der Waals surface area (Å²) in [4.78, 5) is 72.6. The van der Waals surface area contributed by atoms with Crippen LogP contribution in [0.15, 0.2) is 18.2 Å². The molecular formula is C31H45N3O11. The van der Waals surface area contributed by atoms with E-state index in [-0.39, 0.29) is 60.8 Å². The number of carboxylic acids is 1. The van der Waals surface area contributed by atoms with Crippen LogP contribution in [-0.4, -0.2) is 76.7 Å². The third-order valence-electron chi connectivity index (χ3n) is 6.97. The van der Waals surface area contributed by atoms with Gasteiger partial charge in [0.05, 0.1) is 18.3 Å². The lowest BCUT2D eigenvalue weighted by Crippen LogP contribution is -2.51. The third-order valence-corrected chi connectivity index (χ3v) is 6.97. The van der Waals surface area contributed by atoms with Crippen LogP contribution in [0.25, 0.3) is 0 Å². The van der Waals surface area contributed by atoms with Gasteiger partial charge in [-0.3, -0.25) is 24.0 Å². The number of esters is 1. The van der Waals surface area contributed by atoms with Crippen molar-refractivity contribution in [3.8, 4) is 5.75 Å². The summed E-state index contributed by atoms with van der Waals surface area (Å²) in [6.07, 6.45) is -1.94. The number of aliphatic hydroxyl groups is 1. The molecule has 0 aromatic heterocycles. The van der Waals surface area contributed by atoms with Crippen molar-refractivity contribution in [1.29, 1.82) is 0 Å². The van der Waals surface area contributed by atoms with E-state index in [1.165, 1.54) is 19.1 Å². The molecule has 14 heteroatoms. The van der Waals surface area contributed by atoms with Gasteiger partial charge in [0, 0.05) is 38.5 Å². The van der Waals surface area contributed by atoms with Crippen LogP contribution >= 0.6 is 0 Å². The van der Waals surface area contributed by atoms with Crippen molar-refractivity contribution in [3.05, 3.63) is 23.8 Å². The highest BCUT2D eigenvalue weighted by molar-refractivity contribution is 5.97. The Kier molecular flexibility index (Phi) is 14.9. The number of carbonyl (C=O) groups excluding carboxylic acids is 5. The minimum Gasteiger partial charge on any atom is -0.479 e. The van der Waals surface area contributed by atoms with E-state index < -0.39 is 54.8 Å². The summed E-state index contributed by atoms with van der Waals surface area (Å²) in [5.41, 5.74) is 0.653. The number of aliphatic hydroxyl groups excluding tert-OH is 1. The number of aliphatic carboxylic acids is 1. The molecule has 1 aromatic carbocycles. The lowest BCUT2D eigenvalue weighted by Gasteiger charge is -2.31. The molecule has 0 spiro atoms. The van der Waals surface area contributed by atoms with Crippen LogP contribution in [0.5, 0.6) is 5.75 Å². The standard InChI is InChI=1S/C31H45N3O11/c1-17(2)23(37)8-6-7-9-26(38)34-29(18(3)4)30(40)32-15-27(39)33-22-11-10-20(16-43-19(5)35)12-24(22)44-28-14-21(36)13-25(45-28)31(41)42/h10-12,17-18,21,25,28-29,36H,6-9,13-16H2,1-5H3,(H,32,40)(H,33,39)(H,34,38)(H,41,42). The van der Waals surface area contributed by atoms with Crippen LogP contribution in [-0.2, 0) is 44.8 Å². The van der Waals surface area contributed by atoms with E-state index in [4.69, 9.17) is 14.2 Å². The fraction of sp³-hybridized carbons (Fsp3) is 0.613. The predicted octanol–water partition coefficient (Wildman–Crippen LogP) is 2.06. The number of carbonyl (C=O) groups is 6. The van der Waals surface area contributed by atoms with Crippen molar-refractivity contribution >= 4 is 41.1 Å². The Labute approximate surface area is 262 Å². The number of benzene rings is 1.